The summed E-state index contributed by atoms with van der Waals surface area (Å²) in [5.74, 6) is 0. The van der Waals surface area contributed by atoms with E-state index < -0.39 is 0 Å². The largest absolute Gasteiger partial charge is 0.0883 e. The molecule has 0 heterocycles. The smallest absolute Gasteiger partial charge is 0.0325 e. The van der Waals surface area contributed by atoms with Crippen LogP contribution in [0.4, 0.5) is 0 Å². The number of hydrogen-bond acceptors (Lipinski definition) is 0. The normalized spacial score (nSPS) is 13.3. The van der Waals surface area contributed by atoms with E-state index in [0.29, 0.717) is 4.83 Å². The zero-order valence-corrected chi connectivity index (χ0v) is 15.1. The molecule has 0 radical (unpaired) electrons. The van der Waals surface area contributed by atoms with Crippen molar-refractivity contribution in [3.8, 4) is 0 Å². The minimum Gasteiger partial charge on any atom is -0.0883 e. The number of alkyl halides is 2. The molecule has 0 amide bonds. The second kappa shape index (κ2) is 15.8. The van der Waals surface area contributed by atoms with E-state index >= 15 is 0 Å². The molecule has 18 heavy (non-hydrogen) atoms. The molecule has 0 saturated heterocycles. The molecule has 0 nitrogen and oxygen atoms in total. The number of hydrogen-bond donors (Lipinski definition) is 0. The summed E-state index contributed by atoms with van der Waals surface area (Å²) < 4.78 is 0. The second-order valence-corrected chi connectivity index (χ2v) is 6.89. The standard InChI is InChI=1S/C16H30Br2/c1-2-3-4-5-6-7-8-9-10-11-13-16(18)14-12-15-17/h12,14,16H,2-11,13,15H2,1H3/b14-12+. The number of allylic oxidation sites excluding steroid dienone is 2. The van der Waals surface area contributed by atoms with Crippen molar-refractivity contribution in [2.45, 2.75) is 82.4 Å². The molecule has 0 saturated carbocycles. The lowest BCUT2D eigenvalue weighted by Crippen LogP contribution is -1.92. The summed E-state index contributed by atoms with van der Waals surface area (Å²) in [5, 5.41) is 0.965. The van der Waals surface area contributed by atoms with Crippen molar-refractivity contribution in [3.63, 3.8) is 0 Å². The summed E-state index contributed by atoms with van der Waals surface area (Å²) in [7, 11) is 0. The zero-order chi connectivity index (χ0) is 13.5. The van der Waals surface area contributed by atoms with Crippen molar-refractivity contribution in [1.82, 2.24) is 0 Å². The zero-order valence-electron chi connectivity index (χ0n) is 12.0. The Kier molecular flexibility index (Phi) is 16.4. The van der Waals surface area contributed by atoms with Gasteiger partial charge in [-0.3, -0.25) is 0 Å². The Labute approximate surface area is 131 Å². The fraction of sp³-hybridized carbons (Fsp3) is 0.875. The Morgan fingerprint density at radius 3 is 1.83 bits per heavy atom. The van der Waals surface area contributed by atoms with Gasteiger partial charge in [-0.1, -0.05) is 115 Å². The number of rotatable bonds is 13. The van der Waals surface area contributed by atoms with Crippen molar-refractivity contribution < 1.29 is 0 Å². The third-order valence-electron chi connectivity index (χ3n) is 3.27. The van der Waals surface area contributed by atoms with Gasteiger partial charge in [0.2, 0.25) is 0 Å². The van der Waals surface area contributed by atoms with Crippen LogP contribution in [0.25, 0.3) is 0 Å². The van der Waals surface area contributed by atoms with Crippen LogP contribution in [-0.4, -0.2) is 10.2 Å². The fourth-order valence-electron chi connectivity index (χ4n) is 2.12. The molecule has 0 aliphatic carbocycles. The molecule has 0 rings (SSSR count). The highest BCUT2D eigenvalue weighted by Gasteiger charge is 1.98. The summed E-state index contributed by atoms with van der Waals surface area (Å²) >= 11 is 7.09. The molecule has 1 unspecified atom stereocenters. The molecular weight excluding hydrogens is 352 g/mol. The van der Waals surface area contributed by atoms with Crippen LogP contribution in [0.3, 0.4) is 0 Å². The monoisotopic (exact) mass is 380 g/mol. The van der Waals surface area contributed by atoms with E-state index in [2.05, 4.69) is 50.9 Å². The average molecular weight is 382 g/mol. The molecule has 0 aromatic rings. The van der Waals surface area contributed by atoms with Crippen LogP contribution in [0.1, 0.15) is 77.6 Å². The van der Waals surface area contributed by atoms with Crippen LogP contribution < -0.4 is 0 Å². The van der Waals surface area contributed by atoms with Gasteiger partial charge in [0.15, 0.2) is 0 Å². The molecule has 0 spiro atoms. The summed E-state index contributed by atoms with van der Waals surface area (Å²) in [6.45, 7) is 2.28. The fourth-order valence-corrected chi connectivity index (χ4v) is 2.88. The van der Waals surface area contributed by atoms with Crippen LogP contribution in [-0.2, 0) is 0 Å². The molecule has 0 aliphatic heterocycles. The molecule has 2 heteroatoms. The van der Waals surface area contributed by atoms with Gasteiger partial charge < -0.3 is 0 Å². The molecular formula is C16H30Br2. The van der Waals surface area contributed by atoms with E-state index in [-0.39, 0.29) is 0 Å². The van der Waals surface area contributed by atoms with Gasteiger partial charge in [-0.25, -0.2) is 0 Å². The Balaban J connectivity index is 3.09. The van der Waals surface area contributed by atoms with Gasteiger partial charge >= 0.3 is 0 Å². The Morgan fingerprint density at radius 2 is 1.33 bits per heavy atom. The van der Waals surface area contributed by atoms with Crippen LogP contribution in [0.15, 0.2) is 12.2 Å². The molecule has 0 aromatic heterocycles. The highest BCUT2D eigenvalue weighted by atomic mass is 79.9. The molecule has 0 fully saturated rings. The van der Waals surface area contributed by atoms with Crippen molar-refractivity contribution in [3.05, 3.63) is 12.2 Å². The summed E-state index contributed by atoms with van der Waals surface area (Å²) in [4.78, 5) is 0.573. The maximum Gasteiger partial charge on any atom is 0.0325 e. The van der Waals surface area contributed by atoms with Gasteiger partial charge in [-0.2, -0.15) is 0 Å². The van der Waals surface area contributed by atoms with Crippen LogP contribution in [0, 0.1) is 0 Å². The van der Waals surface area contributed by atoms with Crippen molar-refractivity contribution >= 4 is 31.9 Å². The Hall–Kier alpha value is 0.700. The summed E-state index contributed by atoms with van der Waals surface area (Å²) in [6.07, 6.45) is 19.9. The molecule has 0 aromatic carbocycles. The topological polar surface area (TPSA) is 0 Å². The second-order valence-electron chi connectivity index (χ2n) is 5.07. The van der Waals surface area contributed by atoms with E-state index in [1.54, 1.807) is 0 Å². The molecule has 0 N–H and O–H groups in total. The van der Waals surface area contributed by atoms with Gasteiger partial charge in [-0.05, 0) is 6.42 Å². The number of halogens is 2. The lowest BCUT2D eigenvalue weighted by atomic mass is 10.1. The van der Waals surface area contributed by atoms with Gasteiger partial charge in [0, 0.05) is 10.2 Å². The lowest BCUT2D eigenvalue weighted by molar-refractivity contribution is 0.552. The van der Waals surface area contributed by atoms with Crippen molar-refractivity contribution in [2.24, 2.45) is 0 Å². The highest BCUT2D eigenvalue weighted by Crippen LogP contribution is 2.15. The minimum absolute atomic E-state index is 0.573. The Morgan fingerprint density at radius 1 is 0.833 bits per heavy atom. The third-order valence-corrected chi connectivity index (χ3v) is 4.40. The highest BCUT2D eigenvalue weighted by molar-refractivity contribution is 9.09. The van der Waals surface area contributed by atoms with E-state index in [4.69, 9.17) is 0 Å². The van der Waals surface area contributed by atoms with Crippen LogP contribution >= 0.6 is 31.9 Å². The lowest BCUT2D eigenvalue weighted by Gasteiger charge is -2.04. The van der Waals surface area contributed by atoms with Crippen LogP contribution in [0.2, 0.25) is 0 Å². The van der Waals surface area contributed by atoms with E-state index in [0.717, 1.165) is 5.33 Å². The van der Waals surface area contributed by atoms with Gasteiger partial charge in [-0.15, -0.1) is 0 Å². The summed E-state index contributed by atoms with van der Waals surface area (Å²) in [5.41, 5.74) is 0. The van der Waals surface area contributed by atoms with E-state index in [1.807, 2.05) is 0 Å². The molecule has 0 aliphatic rings. The van der Waals surface area contributed by atoms with Gasteiger partial charge in [0.05, 0.1) is 0 Å². The summed E-state index contributed by atoms with van der Waals surface area (Å²) in [6, 6.07) is 0. The first-order valence-electron chi connectivity index (χ1n) is 7.68. The first-order chi connectivity index (χ1) is 8.81. The number of unbranched alkanes of at least 4 members (excludes halogenated alkanes) is 9. The Bertz CT molecular complexity index is 178. The molecule has 1 atom stereocenters. The minimum atomic E-state index is 0.573. The third kappa shape index (κ3) is 14.8. The first kappa shape index (κ1) is 18.7. The van der Waals surface area contributed by atoms with E-state index in [9.17, 15) is 0 Å². The van der Waals surface area contributed by atoms with Crippen molar-refractivity contribution in [2.75, 3.05) is 5.33 Å². The quantitative estimate of drug-likeness (QED) is 0.183. The SMILES string of the molecule is CCCCCCCCCCCCC(Br)/C=C/CBr. The average Bonchev–Trinajstić information content (AvgIpc) is 2.38. The van der Waals surface area contributed by atoms with Gasteiger partial charge in [0.25, 0.3) is 0 Å². The van der Waals surface area contributed by atoms with Crippen LogP contribution in [0.5, 0.6) is 0 Å². The van der Waals surface area contributed by atoms with Crippen molar-refractivity contribution in [1.29, 1.82) is 0 Å². The predicted molar refractivity (Wildman–Crippen MR) is 92.1 cm³/mol. The molecule has 108 valence electrons. The maximum absolute atomic E-state index is 3.69. The molecule has 0 bridgehead atoms. The maximum atomic E-state index is 3.69. The predicted octanol–water partition coefficient (Wildman–Crippen LogP) is 7.01. The van der Waals surface area contributed by atoms with Gasteiger partial charge in [0.1, 0.15) is 0 Å². The van der Waals surface area contributed by atoms with E-state index in [1.165, 1.54) is 70.6 Å². The first-order valence-corrected chi connectivity index (χ1v) is 9.71.